The molecule has 0 atom stereocenters. The number of allylic oxidation sites excluding steroid dienone is 4. The third kappa shape index (κ3) is 54.1. The second kappa shape index (κ2) is 42.4. The second-order valence-corrected chi connectivity index (χ2v) is 13.9. The van der Waals surface area contributed by atoms with Crippen molar-refractivity contribution in [1.29, 1.82) is 0 Å². The maximum atomic E-state index is 10.3. The summed E-state index contributed by atoms with van der Waals surface area (Å²) in [5, 5.41) is 33.9. The number of unbranched alkanes of at least 4 members (excludes halogenated alkanes) is 22. The number of hydrogen-bond donors (Lipinski definition) is 4. The van der Waals surface area contributed by atoms with E-state index in [-0.39, 0.29) is 18.6 Å². The van der Waals surface area contributed by atoms with Gasteiger partial charge in [0.25, 0.3) is 0 Å². The predicted molar refractivity (Wildman–Crippen MR) is 202 cm³/mol. The molecular formula is C41H80O6. The van der Waals surface area contributed by atoms with Gasteiger partial charge >= 0.3 is 11.9 Å². The van der Waals surface area contributed by atoms with Crippen molar-refractivity contribution in [3.05, 3.63) is 24.3 Å². The molecule has 0 aromatic heterocycles. The molecule has 0 aliphatic carbocycles. The molecule has 0 saturated carbocycles. The standard InChI is InChI=1S/2C18H34O2.C5H12O2/c2*1-2-3-4-5-6-7-8-9-10-11-12-13-14-15-16-17-18(19)20;1-5(2,3-6)4-7/h2*9-10H,2-8,11-17H2,1H3,(H,19,20);6-7H,3-4H2,1-2H3/b2*10-9-;. The van der Waals surface area contributed by atoms with Crippen LogP contribution in [0.3, 0.4) is 0 Å². The molecule has 0 aliphatic rings. The lowest BCUT2D eigenvalue weighted by molar-refractivity contribution is -0.138. The molecule has 0 aromatic rings. The summed E-state index contributed by atoms with van der Waals surface area (Å²) in [7, 11) is 0. The van der Waals surface area contributed by atoms with Gasteiger partial charge in [-0.3, -0.25) is 9.59 Å². The van der Waals surface area contributed by atoms with Gasteiger partial charge in [-0.15, -0.1) is 0 Å². The average Bonchev–Trinajstić information content (AvgIpc) is 3.05. The molecule has 0 amide bonds. The molecule has 0 aliphatic heterocycles. The van der Waals surface area contributed by atoms with Crippen LogP contribution >= 0.6 is 0 Å². The fourth-order valence-corrected chi connectivity index (χ4v) is 4.74. The van der Waals surface area contributed by atoms with Crippen molar-refractivity contribution < 1.29 is 30.0 Å². The van der Waals surface area contributed by atoms with Crippen molar-refractivity contribution >= 4 is 11.9 Å². The number of aliphatic carboxylic acids is 2. The maximum absolute atomic E-state index is 10.3. The molecule has 280 valence electrons. The van der Waals surface area contributed by atoms with Crippen LogP contribution in [0.25, 0.3) is 0 Å². The molecule has 0 spiro atoms. The van der Waals surface area contributed by atoms with Gasteiger partial charge in [-0.25, -0.2) is 0 Å². The molecule has 0 unspecified atom stereocenters. The Kier molecular flexibility index (Phi) is 44.8. The Hall–Kier alpha value is -1.66. The summed E-state index contributed by atoms with van der Waals surface area (Å²) < 4.78 is 0. The van der Waals surface area contributed by atoms with Crippen LogP contribution in [-0.2, 0) is 9.59 Å². The minimum Gasteiger partial charge on any atom is -0.481 e. The fourth-order valence-electron chi connectivity index (χ4n) is 4.74. The number of carbonyl (C=O) groups is 2. The SMILES string of the molecule is CC(C)(CO)CO.CCCCCCCC/C=C\CCCCCCCC(=O)O.CCCCCCCC/C=C\CCCCCCCC(=O)O. The molecule has 0 saturated heterocycles. The highest BCUT2D eigenvalue weighted by Gasteiger charge is 2.13. The van der Waals surface area contributed by atoms with Gasteiger partial charge in [0.05, 0.1) is 13.2 Å². The van der Waals surface area contributed by atoms with Gasteiger partial charge in [-0.1, -0.05) is 155 Å². The summed E-state index contributed by atoms with van der Waals surface area (Å²) in [5.74, 6) is -1.33. The zero-order valence-electron chi connectivity index (χ0n) is 31.6. The molecule has 0 bridgehead atoms. The molecule has 6 heteroatoms. The molecule has 0 aromatic carbocycles. The number of carboxylic acids is 2. The molecular weight excluding hydrogens is 588 g/mol. The van der Waals surface area contributed by atoms with E-state index in [0.717, 1.165) is 25.7 Å². The molecule has 0 rings (SSSR count). The molecule has 4 N–H and O–H groups in total. The Morgan fingerprint density at radius 1 is 0.426 bits per heavy atom. The zero-order valence-corrected chi connectivity index (χ0v) is 31.6. The quantitative estimate of drug-likeness (QED) is 0.0419. The van der Waals surface area contributed by atoms with E-state index in [9.17, 15) is 9.59 Å². The Morgan fingerprint density at radius 2 is 0.660 bits per heavy atom. The summed E-state index contributed by atoms with van der Waals surface area (Å²) in [4.78, 5) is 20.6. The topological polar surface area (TPSA) is 115 Å². The first kappa shape index (κ1) is 49.7. The molecule has 6 nitrogen and oxygen atoms in total. The van der Waals surface area contributed by atoms with Gasteiger partial charge in [0.15, 0.2) is 0 Å². The van der Waals surface area contributed by atoms with Crippen LogP contribution in [-0.4, -0.2) is 45.6 Å². The smallest absolute Gasteiger partial charge is 0.303 e. The van der Waals surface area contributed by atoms with Gasteiger partial charge in [-0.05, 0) is 64.2 Å². The molecule has 0 fully saturated rings. The number of rotatable bonds is 32. The monoisotopic (exact) mass is 669 g/mol. The summed E-state index contributed by atoms with van der Waals surface area (Å²) in [6.45, 7) is 8.21. The van der Waals surface area contributed by atoms with E-state index in [4.69, 9.17) is 20.4 Å². The Balaban J connectivity index is -0.000000685. The van der Waals surface area contributed by atoms with Gasteiger partial charge in [0, 0.05) is 18.3 Å². The van der Waals surface area contributed by atoms with Gasteiger partial charge in [-0.2, -0.15) is 0 Å². The number of carboxylic acid groups (broad SMARTS) is 2. The van der Waals surface area contributed by atoms with Crippen LogP contribution in [0, 0.1) is 5.41 Å². The van der Waals surface area contributed by atoms with Crippen molar-refractivity contribution in [3.63, 3.8) is 0 Å². The first-order valence-corrected chi connectivity index (χ1v) is 19.6. The van der Waals surface area contributed by atoms with E-state index in [1.807, 2.05) is 0 Å². The second-order valence-electron chi connectivity index (χ2n) is 13.9. The Morgan fingerprint density at radius 3 is 0.872 bits per heavy atom. The minimum atomic E-state index is -0.664. The van der Waals surface area contributed by atoms with Crippen LogP contribution in [0.5, 0.6) is 0 Å². The predicted octanol–water partition coefficient (Wildman–Crippen LogP) is 12.2. The lowest BCUT2D eigenvalue weighted by Crippen LogP contribution is -2.20. The first-order chi connectivity index (χ1) is 22.7. The molecule has 0 heterocycles. The maximum Gasteiger partial charge on any atom is 0.303 e. The third-order valence-electron chi connectivity index (χ3n) is 8.16. The average molecular weight is 669 g/mol. The summed E-state index contributed by atoms with van der Waals surface area (Å²) in [5.41, 5.74) is -0.306. The Bertz CT molecular complexity index is 629. The first-order valence-electron chi connectivity index (χ1n) is 19.6. The summed E-state index contributed by atoms with van der Waals surface area (Å²) in [6.07, 6.45) is 42.5. The van der Waals surface area contributed by atoms with Crippen molar-refractivity contribution in [2.45, 2.75) is 207 Å². The lowest BCUT2D eigenvalue weighted by Gasteiger charge is -2.16. The van der Waals surface area contributed by atoms with Crippen LogP contribution in [0.4, 0.5) is 0 Å². The van der Waals surface area contributed by atoms with Crippen LogP contribution < -0.4 is 0 Å². The van der Waals surface area contributed by atoms with Gasteiger partial charge in [0.1, 0.15) is 0 Å². The van der Waals surface area contributed by atoms with Gasteiger partial charge < -0.3 is 20.4 Å². The van der Waals surface area contributed by atoms with Crippen LogP contribution in [0.1, 0.15) is 207 Å². The van der Waals surface area contributed by atoms with E-state index < -0.39 is 11.9 Å². The highest BCUT2D eigenvalue weighted by Crippen LogP contribution is 2.12. The van der Waals surface area contributed by atoms with E-state index in [1.54, 1.807) is 13.8 Å². The normalized spacial score (nSPS) is 11.4. The molecule has 0 radical (unpaired) electrons. The zero-order chi connectivity index (χ0) is 35.7. The van der Waals surface area contributed by atoms with Gasteiger partial charge in [0.2, 0.25) is 0 Å². The van der Waals surface area contributed by atoms with E-state index >= 15 is 0 Å². The number of hydrogen-bond acceptors (Lipinski definition) is 4. The summed E-state index contributed by atoms with van der Waals surface area (Å²) in [6, 6.07) is 0. The van der Waals surface area contributed by atoms with E-state index in [0.29, 0.717) is 12.8 Å². The minimum absolute atomic E-state index is 0.0451. The fraction of sp³-hybridized carbons (Fsp3) is 0.854. The van der Waals surface area contributed by atoms with Crippen LogP contribution in [0.15, 0.2) is 24.3 Å². The largest absolute Gasteiger partial charge is 0.481 e. The lowest BCUT2D eigenvalue weighted by atomic mass is 9.97. The number of aliphatic hydroxyl groups is 2. The van der Waals surface area contributed by atoms with E-state index in [2.05, 4.69) is 38.2 Å². The van der Waals surface area contributed by atoms with Crippen molar-refractivity contribution in [2.75, 3.05) is 13.2 Å². The third-order valence-corrected chi connectivity index (χ3v) is 8.16. The van der Waals surface area contributed by atoms with Crippen molar-refractivity contribution in [2.24, 2.45) is 5.41 Å². The summed E-state index contributed by atoms with van der Waals surface area (Å²) >= 11 is 0. The van der Waals surface area contributed by atoms with E-state index in [1.165, 1.54) is 141 Å². The number of aliphatic hydroxyl groups excluding tert-OH is 2. The highest BCUT2D eigenvalue weighted by molar-refractivity contribution is 5.66. The van der Waals surface area contributed by atoms with Crippen molar-refractivity contribution in [1.82, 2.24) is 0 Å². The van der Waals surface area contributed by atoms with Crippen molar-refractivity contribution in [3.8, 4) is 0 Å². The molecule has 47 heavy (non-hydrogen) atoms. The van der Waals surface area contributed by atoms with Crippen LogP contribution in [0.2, 0.25) is 0 Å². The highest BCUT2D eigenvalue weighted by atomic mass is 16.4. The Labute approximate surface area is 291 Å².